The second-order valence-corrected chi connectivity index (χ2v) is 11.6. The standard InChI is InChI=1S/C31H33N3O8/c1-13(35)14-7-6-8-15(9-14)17-12-20(33(2)3)18-10-16-11-19-24(34(4)5)27(38)23(30(32)41)29(40)31(19,42)28(39)21(16)26(37)22(18)25(17)36/h6-9,12,16,19,24,36,38-39,42H,10-11H2,1-5H3,(H2,32,41). The molecule has 0 spiro atoms. The maximum Gasteiger partial charge on any atom is 0.255 e. The van der Waals surface area contributed by atoms with E-state index < -0.39 is 58.0 Å². The molecule has 4 unspecified atom stereocenters. The quantitative estimate of drug-likeness (QED) is 0.261. The molecule has 0 aliphatic heterocycles. The molecule has 6 N–H and O–H groups in total. The van der Waals surface area contributed by atoms with Crippen molar-refractivity contribution in [3.63, 3.8) is 0 Å². The molecule has 5 rings (SSSR count). The van der Waals surface area contributed by atoms with Crippen LogP contribution in [-0.2, 0) is 16.0 Å². The number of fused-ring (bicyclic) bond motifs is 3. The fourth-order valence-corrected chi connectivity index (χ4v) is 6.82. The van der Waals surface area contributed by atoms with Gasteiger partial charge in [-0.25, -0.2) is 0 Å². The number of likely N-dealkylation sites (N-methyl/N-ethyl adjacent to an activating group) is 1. The molecule has 0 saturated carbocycles. The van der Waals surface area contributed by atoms with Crippen LogP contribution < -0.4 is 10.6 Å². The number of hydrogen-bond donors (Lipinski definition) is 5. The number of carbonyl (C=O) groups excluding carboxylic acids is 4. The summed E-state index contributed by atoms with van der Waals surface area (Å²) in [5.74, 6) is -7.20. The molecular formula is C31H33N3O8. The lowest BCUT2D eigenvalue weighted by atomic mass is 9.58. The third kappa shape index (κ3) is 3.95. The number of rotatable bonds is 5. The first kappa shape index (κ1) is 29.0. The predicted octanol–water partition coefficient (Wildman–Crippen LogP) is 2.06. The van der Waals surface area contributed by atoms with Crippen LogP contribution in [0.25, 0.3) is 11.1 Å². The third-order valence-corrected chi connectivity index (χ3v) is 8.76. The largest absolute Gasteiger partial charge is 0.510 e. The van der Waals surface area contributed by atoms with Gasteiger partial charge in [-0.1, -0.05) is 18.2 Å². The van der Waals surface area contributed by atoms with Crippen LogP contribution in [-0.4, -0.2) is 88.4 Å². The van der Waals surface area contributed by atoms with Crippen molar-refractivity contribution in [1.29, 1.82) is 0 Å². The number of aliphatic hydroxyl groups excluding tert-OH is 2. The van der Waals surface area contributed by atoms with Crippen LogP contribution in [0.5, 0.6) is 5.75 Å². The zero-order valence-electron chi connectivity index (χ0n) is 23.9. The van der Waals surface area contributed by atoms with E-state index in [2.05, 4.69) is 0 Å². The molecule has 11 nitrogen and oxygen atoms in total. The number of aromatic hydroxyl groups is 1. The number of aliphatic hydroxyl groups is 3. The minimum Gasteiger partial charge on any atom is -0.510 e. The van der Waals surface area contributed by atoms with E-state index in [1.807, 2.05) is 0 Å². The fourth-order valence-electron chi connectivity index (χ4n) is 6.82. The van der Waals surface area contributed by atoms with E-state index >= 15 is 0 Å². The molecule has 1 amide bonds. The van der Waals surface area contributed by atoms with Crippen LogP contribution in [0, 0.1) is 11.8 Å². The molecular weight excluding hydrogens is 542 g/mol. The van der Waals surface area contributed by atoms with E-state index in [9.17, 15) is 39.6 Å². The fraction of sp³-hybridized carbons (Fsp3) is 0.355. The first-order valence-corrected chi connectivity index (χ1v) is 13.4. The van der Waals surface area contributed by atoms with Crippen LogP contribution in [0.1, 0.15) is 39.6 Å². The van der Waals surface area contributed by atoms with Gasteiger partial charge in [-0.05, 0) is 63.0 Å². The highest BCUT2D eigenvalue weighted by atomic mass is 16.3. The number of phenolic OH excluding ortho intramolecular Hbond substituents is 1. The van der Waals surface area contributed by atoms with E-state index in [4.69, 9.17) is 5.73 Å². The number of phenols is 1. The normalized spacial score (nSPS) is 25.3. The highest BCUT2D eigenvalue weighted by Gasteiger charge is 2.63. The Morgan fingerprint density at radius 3 is 2.29 bits per heavy atom. The Morgan fingerprint density at radius 2 is 1.71 bits per heavy atom. The van der Waals surface area contributed by atoms with E-state index in [0.717, 1.165) is 0 Å². The Hall–Kier alpha value is -4.48. The molecule has 0 bridgehead atoms. The minimum absolute atomic E-state index is 0.00179. The van der Waals surface area contributed by atoms with Gasteiger partial charge in [-0.3, -0.25) is 24.1 Å². The SMILES string of the molecule is CC(=O)c1cccc(-c2cc(N(C)C)c3c(c2O)C(=O)C2=C(O)C4(O)C(=O)C(C(N)=O)=C(O)C(N(C)C)C4CC2C3)c1. The topological polar surface area (TPSA) is 182 Å². The molecule has 0 heterocycles. The van der Waals surface area contributed by atoms with Crippen molar-refractivity contribution in [3.8, 4) is 16.9 Å². The number of amides is 1. The van der Waals surface area contributed by atoms with Gasteiger partial charge in [-0.2, -0.15) is 0 Å². The van der Waals surface area contributed by atoms with Crippen molar-refractivity contribution >= 4 is 28.9 Å². The Kier molecular flexibility index (Phi) is 6.78. The average molecular weight is 576 g/mol. The number of allylic oxidation sites excluding steroid dienone is 1. The van der Waals surface area contributed by atoms with Crippen LogP contribution in [0.3, 0.4) is 0 Å². The zero-order valence-corrected chi connectivity index (χ0v) is 23.9. The molecule has 11 heteroatoms. The number of anilines is 1. The summed E-state index contributed by atoms with van der Waals surface area (Å²) in [4.78, 5) is 55.2. The summed E-state index contributed by atoms with van der Waals surface area (Å²) in [5.41, 5.74) is 3.84. The number of primary amides is 1. The highest BCUT2D eigenvalue weighted by molar-refractivity contribution is 6.25. The molecule has 0 fully saturated rings. The Bertz CT molecular complexity index is 1650. The summed E-state index contributed by atoms with van der Waals surface area (Å²) in [6, 6.07) is 7.28. The first-order chi connectivity index (χ1) is 19.6. The van der Waals surface area contributed by atoms with Gasteiger partial charge in [0, 0.05) is 42.4 Å². The maximum atomic E-state index is 14.2. The number of Topliss-reactive ketones (excluding diaryl/α,β-unsaturated/α-hetero) is 3. The maximum absolute atomic E-state index is 14.2. The van der Waals surface area contributed by atoms with Gasteiger partial charge >= 0.3 is 0 Å². The van der Waals surface area contributed by atoms with E-state index in [-0.39, 0.29) is 41.1 Å². The van der Waals surface area contributed by atoms with Gasteiger partial charge in [0.15, 0.2) is 17.2 Å². The number of benzene rings is 2. The molecule has 3 aliphatic carbocycles. The first-order valence-electron chi connectivity index (χ1n) is 13.4. The number of carbonyl (C=O) groups is 4. The van der Waals surface area contributed by atoms with Crippen LogP contribution in [0.15, 0.2) is 53.0 Å². The van der Waals surface area contributed by atoms with Crippen molar-refractivity contribution in [2.24, 2.45) is 17.6 Å². The highest BCUT2D eigenvalue weighted by Crippen LogP contribution is 2.54. The van der Waals surface area contributed by atoms with Crippen molar-refractivity contribution in [1.82, 2.24) is 4.90 Å². The third-order valence-electron chi connectivity index (χ3n) is 8.76. The second kappa shape index (κ2) is 9.81. The monoisotopic (exact) mass is 575 g/mol. The number of ketones is 3. The molecule has 220 valence electrons. The lowest BCUT2D eigenvalue weighted by molar-refractivity contribution is -0.148. The van der Waals surface area contributed by atoms with E-state index in [1.54, 1.807) is 63.4 Å². The lowest BCUT2D eigenvalue weighted by Crippen LogP contribution is -2.63. The second-order valence-electron chi connectivity index (χ2n) is 11.6. The summed E-state index contributed by atoms with van der Waals surface area (Å²) < 4.78 is 0. The van der Waals surface area contributed by atoms with Crippen LogP contribution in [0.2, 0.25) is 0 Å². The molecule has 0 aromatic heterocycles. The Morgan fingerprint density at radius 1 is 1.05 bits per heavy atom. The van der Waals surface area contributed by atoms with Gasteiger partial charge in [0.25, 0.3) is 5.91 Å². The van der Waals surface area contributed by atoms with Crippen molar-refractivity contribution < 1.29 is 39.6 Å². The van der Waals surface area contributed by atoms with Crippen molar-refractivity contribution in [3.05, 3.63) is 69.7 Å². The molecule has 0 radical (unpaired) electrons. The molecule has 3 aliphatic rings. The van der Waals surface area contributed by atoms with Crippen molar-refractivity contribution in [2.75, 3.05) is 33.1 Å². The number of hydrogen-bond acceptors (Lipinski definition) is 10. The average Bonchev–Trinajstić information content (AvgIpc) is 2.90. The van der Waals surface area contributed by atoms with Gasteiger partial charge < -0.3 is 31.1 Å². The summed E-state index contributed by atoms with van der Waals surface area (Å²) in [6.07, 6.45) is 0.172. The molecule has 2 aromatic carbocycles. The molecule has 4 atom stereocenters. The van der Waals surface area contributed by atoms with Gasteiger partial charge in [0.05, 0.1) is 11.6 Å². The summed E-state index contributed by atoms with van der Waals surface area (Å²) in [7, 11) is 6.73. The van der Waals surface area contributed by atoms with Crippen LogP contribution in [0.4, 0.5) is 5.69 Å². The molecule has 42 heavy (non-hydrogen) atoms. The number of nitrogens with zero attached hydrogens (tertiary/aromatic N) is 2. The van der Waals surface area contributed by atoms with Gasteiger partial charge in [0.1, 0.15) is 22.8 Å². The van der Waals surface area contributed by atoms with Crippen molar-refractivity contribution in [2.45, 2.75) is 31.4 Å². The molecule has 2 aromatic rings. The lowest BCUT2D eigenvalue weighted by Gasteiger charge is -2.50. The van der Waals surface area contributed by atoms with E-state index in [1.165, 1.54) is 11.8 Å². The zero-order chi connectivity index (χ0) is 31.0. The smallest absolute Gasteiger partial charge is 0.255 e. The minimum atomic E-state index is -2.71. The predicted molar refractivity (Wildman–Crippen MR) is 153 cm³/mol. The number of nitrogens with two attached hydrogens (primary N) is 1. The summed E-state index contributed by atoms with van der Waals surface area (Å²) >= 11 is 0. The van der Waals surface area contributed by atoms with E-state index in [0.29, 0.717) is 22.4 Å². The Balaban J connectivity index is 1.75. The van der Waals surface area contributed by atoms with Crippen LogP contribution >= 0.6 is 0 Å². The Labute approximate surface area is 242 Å². The van der Waals surface area contributed by atoms with Gasteiger partial charge in [-0.15, -0.1) is 0 Å². The summed E-state index contributed by atoms with van der Waals surface area (Å²) in [6.45, 7) is 1.42. The molecule has 0 saturated heterocycles. The summed E-state index contributed by atoms with van der Waals surface area (Å²) in [5, 5.41) is 45.8. The van der Waals surface area contributed by atoms with Gasteiger partial charge in [0.2, 0.25) is 5.78 Å².